The number of nitrogens with one attached hydrogen (secondary N) is 2. The number of anilines is 2. The molecule has 152 valence electrons. The maximum atomic E-state index is 12.6. The van der Waals surface area contributed by atoms with E-state index < -0.39 is 15.9 Å². The van der Waals surface area contributed by atoms with Crippen LogP contribution in [0.2, 0.25) is 5.02 Å². The van der Waals surface area contributed by atoms with Crippen LogP contribution in [0, 0.1) is 6.92 Å². The third-order valence-corrected chi connectivity index (χ3v) is 6.30. The first-order valence-electron chi connectivity index (χ1n) is 9.01. The highest BCUT2D eigenvalue weighted by molar-refractivity contribution is 7.92. The second-order valence-corrected chi connectivity index (χ2v) is 8.79. The van der Waals surface area contributed by atoms with Gasteiger partial charge in [0, 0.05) is 16.1 Å². The van der Waals surface area contributed by atoms with Crippen molar-refractivity contribution in [2.75, 3.05) is 10.0 Å². The molecule has 4 aromatic rings. The summed E-state index contributed by atoms with van der Waals surface area (Å²) in [6.07, 6.45) is 0. The van der Waals surface area contributed by atoms with E-state index in [2.05, 4.69) is 10.0 Å². The molecule has 0 radical (unpaired) electrons. The van der Waals surface area contributed by atoms with E-state index in [9.17, 15) is 13.2 Å². The number of sulfonamides is 1. The van der Waals surface area contributed by atoms with Crippen molar-refractivity contribution in [1.29, 1.82) is 0 Å². The number of hydrogen-bond acceptors (Lipinski definition) is 4. The van der Waals surface area contributed by atoms with E-state index in [0.29, 0.717) is 22.0 Å². The number of rotatable bonds is 5. The average molecular weight is 441 g/mol. The Morgan fingerprint density at radius 3 is 2.33 bits per heavy atom. The number of carbonyl (C=O) groups excluding carboxylic acids is 1. The molecule has 3 aromatic carbocycles. The van der Waals surface area contributed by atoms with Crippen molar-refractivity contribution < 1.29 is 17.6 Å². The quantitative estimate of drug-likeness (QED) is 0.432. The zero-order chi connectivity index (χ0) is 21.3. The van der Waals surface area contributed by atoms with Crippen LogP contribution in [0.5, 0.6) is 0 Å². The first-order chi connectivity index (χ1) is 14.3. The maximum Gasteiger partial charge on any atom is 0.291 e. The highest BCUT2D eigenvalue weighted by Crippen LogP contribution is 2.24. The van der Waals surface area contributed by atoms with E-state index in [-0.39, 0.29) is 10.7 Å². The fraction of sp³-hybridized carbons (Fsp3) is 0.0455. The number of halogens is 1. The van der Waals surface area contributed by atoms with Crippen LogP contribution in [0.4, 0.5) is 11.4 Å². The Bertz CT molecular complexity index is 1310. The van der Waals surface area contributed by atoms with Crippen molar-refractivity contribution >= 4 is 49.9 Å². The minimum absolute atomic E-state index is 0.0564. The molecule has 0 atom stereocenters. The number of para-hydroxylation sites is 1. The summed E-state index contributed by atoms with van der Waals surface area (Å²) in [5.41, 5.74) is 2.28. The molecule has 0 saturated heterocycles. The number of fused-ring (bicyclic) bond motifs is 1. The summed E-state index contributed by atoms with van der Waals surface area (Å²) in [5.74, 6) is -0.250. The smallest absolute Gasteiger partial charge is 0.291 e. The number of amides is 1. The van der Waals surface area contributed by atoms with Gasteiger partial charge in [-0.15, -0.1) is 0 Å². The first kappa shape index (κ1) is 20.0. The third kappa shape index (κ3) is 4.17. The lowest BCUT2D eigenvalue weighted by Crippen LogP contribution is -2.14. The van der Waals surface area contributed by atoms with E-state index in [1.165, 1.54) is 24.3 Å². The molecule has 8 heteroatoms. The van der Waals surface area contributed by atoms with Crippen molar-refractivity contribution in [3.63, 3.8) is 0 Å². The van der Waals surface area contributed by atoms with E-state index in [0.717, 1.165) is 10.9 Å². The molecule has 0 aliphatic carbocycles. The number of hydrogen-bond donors (Lipinski definition) is 2. The fourth-order valence-corrected chi connectivity index (χ4v) is 4.10. The van der Waals surface area contributed by atoms with Crippen LogP contribution < -0.4 is 10.0 Å². The van der Waals surface area contributed by atoms with E-state index >= 15 is 0 Å². The van der Waals surface area contributed by atoms with Crippen LogP contribution >= 0.6 is 11.6 Å². The molecule has 1 aromatic heterocycles. The molecule has 0 fully saturated rings. The van der Waals surface area contributed by atoms with Gasteiger partial charge in [-0.05, 0) is 61.0 Å². The molecule has 1 amide bonds. The molecule has 0 saturated carbocycles. The van der Waals surface area contributed by atoms with E-state index in [1.54, 1.807) is 30.3 Å². The number of benzene rings is 3. The Labute approximate surface area is 178 Å². The van der Waals surface area contributed by atoms with Crippen molar-refractivity contribution in [1.82, 2.24) is 0 Å². The summed E-state index contributed by atoms with van der Waals surface area (Å²) in [7, 11) is -3.80. The fourth-order valence-electron chi connectivity index (χ4n) is 2.87. The van der Waals surface area contributed by atoms with Crippen molar-refractivity contribution in [3.05, 3.63) is 89.1 Å². The number of carbonyl (C=O) groups is 1. The maximum absolute atomic E-state index is 12.6. The Kier molecular flexibility index (Phi) is 5.24. The molecule has 6 nitrogen and oxygen atoms in total. The van der Waals surface area contributed by atoms with Crippen molar-refractivity contribution in [2.24, 2.45) is 0 Å². The van der Waals surface area contributed by atoms with Crippen LogP contribution in [0.3, 0.4) is 0 Å². The van der Waals surface area contributed by atoms with E-state index in [1.807, 2.05) is 25.1 Å². The topological polar surface area (TPSA) is 88.4 Å². The molecular formula is C22H17ClN2O4S. The normalized spacial score (nSPS) is 11.4. The van der Waals surface area contributed by atoms with Crippen LogP contribution in [0.1, 0.15) is 16.1 Å². The lowest BCUT2D eigenvalue weighted by molar-refractivity contribution is 0.0998. The molecule has 30 heavy (non-hydrogen) atoms. The molecule has 0 aliphatic rings. The van der Waals surface area contributed by atoms with Gasteiger partial charge in [-0.1, -0.05) is 35.9 Å². The molecular weight excluding hydrogens is 424 g/mol. The summed E-state index contributed by atoms with van der Waals surface area (Å²) in [6, 6.07) is 19.7. The molecule has 2 N–H and O–H groups in total. The second-order valence-electron chi connectivity index (χ2n) is 6.70. The Morgan fingerprint density at radius 2 is 1.63 bits per heavy atom. The minimum Gasteiger partial charge on any atom is -0.451 e. The SMILES string of the molecule is Cc1ccc(NS(=O)(=O)c2ccc(NC(=O)c3cc4ccccc4o3)cc2)cc1Cl. The summed E-state index contributed by atoms with van der Waals surface area (Å²) < 4.78 is 33.2. The molecule has 0 bridgehead atoms. The highest BCUT2D eigenvalue weighted by Gasteiger charge is 2.16. The van der Waals surface area contributed by atoms with Gasteiger partial charge in [0.15, 0.2) is 5.76 Å². The summed E-state index contributed by atoms with van der Waals surface area (Å²) in [6.45, 7) is 1.83. The zero-order valence-corrected chi connectivity index (χ0v) is 17.4. The van der Waals surface area contributed by atoms with Gasteiger partial charge in [0.05, 0.1) is 10.6 Å². The van der Waals surface area contributed by atoms with Crippen molar-refractivity contribution in [3.8, 4) is 0 Å². The number of furan rings is 1. The van der Waals surface area contributed by atoms with Gasteiger partial charge in [-0.3, -0.25) is 9.52 Å². The van der Waals surface area contributed by atoms with Gasteiger partial charge in [-0.2, -0.15) is 0 Å². The molecule has 1 heterocycles. The van der Waals surface area contributed by atoms with Crippen molar-refractivity contribution in [2.45, 2.75) is 11.8 Å². The van der Waals surface area contributed by atoms with Gasteiger partial charge in [0.1, 0.15) is 5.58 Å². The molecule has 4 rings (SSSR count). The molecule has 0 aliphatic heterocycles. The Hall–Kier alpha value is -3.29. The van der Waals surface area contributed by atoms with Gasteiger partial charge >= 0.3 is 0 Å². The highest BCUT2D eigenvalue weighted by atomic mass is 35.5. The second kappa shape index (κ2) is 7.85. The van der Waals surface area contributed by atoms with Gasteiger partial charge in [0.25, 0.3) is 15.9 Å². The van der Waals surface area contributed by atoms with Gasteiger partial charge < -0.3 is 9.73 Å². The lowest BCUT2D eigenvalue weighted by Gasteiger charge is -2.10. The largest absolute Gasteiger partial charge is 0.451 e. The zero-order valence-electron chi connectivity index (χ0n) is 15.8. The van der Waals surface area contributed by atoms with E-state index in [4.69, 9.17) is 16.0 Å². The molecule has 0 spiro atoms. The summed E-state index contributed by atoms with van der Waals surface area (Å²) >= 11 is 6.05. The monoisotopic (exact) mass is 440 g/mol. The van der Waals surface area contributed by atoms with Crippen LogP contribution in [0.15, 0.2) is 82.1 Å². The van der Waals surface area contributed by atoms with Crippen LogP contribution in [0.25, 0.3) is 11.0 Å². The predicted molar refractivity (Wildman–Crippen MR) is 118 cm³/mol. The Morgan fingerprint density at radius 1 is 0.933 bits per heavy atom. The number of aryl methyl sites for hydroxylation is 1. The average Bonchev–Trinajstić information content (AvgIpc) is 3.15. The minimum atomic E-state index is -3.80. The standard InChI is InChI=1S/C22H17ClN2O4S/c1-14-6-7-17(13-19(14)23)25-30(27,28)18-10-8-16(9-11-18)24-22(26)21-12-15-4-2-3-5-20(15)29-21/h2-13,25H,1H3,(H,24,26). The molecule has 0 unspecified atom stereocenters. The first-order valence-corrected chi connectivity index (χ1v) is 10.9. The van der Waals surface area contributed by atoms with Gasteiger partial charge in [-0.25, -0.2) is 8.42 Å². The summed E-state index contributed by atoms with van der Waals surface area (Å²) in [5, 5.41) is 3.99. The summed E-state index contributed by atoms with van der Waals surface area (Å²) in [4.78, 5) is 12.5. The van der Waals surface area contributed by atoms with Gasteiger partial charge in [0.2, 0.25) is 0 Å². The Balaban J connectivity index is 1.48. The third-order valence-electron chi connectivity index (χ3n) is 4.50. The lowest BCUT2D eigenvalue weighted by atomic mass is 10.2. The van der Waals surface area contributed by atoms with Crippen LogP contribution in [-0.4, -0.2) is 14.3 Å². The predicted octanol–water partition coefficient (Wildman–Crippen LogP) is 5.45. The van der Waals surface area contributed by atoms with Crippen LogP contribution in [-0.2, 0) is 10.0 Å².